The van der Waals surface area contributed by atoms with E-state index in [-0.39, 0.29) is 11.3 Å². The van der Waals surface area contributed by atoms with E-state index in [9.17, 15) is 4.79 Å². The van der Waals surface area contributed by atoms with E-state index in [0.29, 0.717) is 12.2 Å². The Morgan fingerprint density at radius 1 is 1.38 bits per heavy atom. The minimum Gasteiger partial charge on any atom is -0.462 e. The van der Waals surface area contributed by atoms with Gasteiger partial charge in [-0.15, -0.1) is 11.6 Å². The second kappa shape index (κ2) is 7.90. The maximum absolute atomic E-state index is 11.5. The second-order valence-corrected chi connectivity index (χ2v) is 4.89. The van der Waals surface area contributed by atoms with Crippen LogP contribution in [-0.4, -0.2) is 22.4 Å². The molecule has 2 nitrogen and oxygen atoms in total. The molecule has 0 saturated heterocycles. The van der Waals surface area contributed by atoms with Crippen molar-refractivity contribution in [2.75, 3.05) is 11.0 Å². The highest BCUT2D eigenvalue weighted by atomic mass is 127. The van der Waals surface area contributed by atoms with Crippen LogP contribution in [0.2, 0.25) is 0 Å². The van der Waals surface area contributed by atoms with Crippen LogP contribution in [-0.2, 0) is 4.74 Å². The molecule has 0 amide bonds. The van der Waals surface area contributed by atoms with Crippen molar-refractivity contribution in [3.8, 4) is 0 Å². The number of halogens is 2. The Morgan fingerprint density at radius 2 is 2.06 bits per heavy atom. The summed E-state index contributed by atoms with van der Waals surface area (Å²) in [7, 11) is 0. The molecule has 0 heterocycles. The van der Waals surface area contributed by atoms with Crippen molar-refractivity contribution >= 4 is 40.2 Å². The average molecular weight is 353 g/mol. The summed E-state index contributed by atoms with van der Waals surface area (Å²) in [5.74, 6) is -0.263. The van der Waals surface area contributed by atoms with E-state index in [0.717, 1.165) is 17.3 Å². The molecule has 0 spiro atoms. The van der Waals surface area contributed by atoms with Gasteiger partial charge in [-0.05, 0) is 25.0 Å². The number of benzene rings is 1. The molecule has 0 aliphatic carbocycles. The number of alkyl halides is 2. The molecule has 1 aromatic carbocycles. The number of hydrogen-bond acceptors (Lipinski definition) is 2. The quantitative estimate of drug-likeness (QED) is 0.338. The summed E-state index contributed by atoms with van der Waals surface area (Å²) < 4.78 is 6.05. The summed E-state index contributed by atoms with van der Waals surface area (Å²) in [5, 5.41) is 0.177. The first-order chi connectivity index (χ1) is 7.74. The molecule has 0 saturated carbocycles. The number of carbonyl (C=O) groups excluding carboxylic acids is 1. The summed E-state index contributed by atoms with van der Waals surface area (Å²) in [6.07, 6.45) is 1.70. The number of carbonyl (C=O) groups is 1. The summed E-state index contributed by atoms with van der Waals surface area (Å²) in [4.78, 5) is 11.5. The fourth-order valence-electron chi connectivity index (χ4n) is 1.20. The summed E-state index contributed by atoms with van der Waals surface area (Å²) in [6, 6.07) is 9.01. The molecule has 0 radical (unpaired) electrons. The van der Waals surface area contributed by atoms with Gasteiger partial charge in [-0.2, -0.15) is 0 Å². The van der Waals surface area contributed by atoms with E-state index in [1.54, 1.807) is 12.1 Å². The molecule has 0 bridgehead atoms. The van der Waals surface area contributed by atoms with Crippen molar-refractivity contribution in [1.82, 2.24) is 0 Å². The summed E-state index contributed by atoms with van der Waals surface area (Å²) >= 11 is 8.20. The van der Waals surface area contributed by atoms with Crippen molar-refractivity contribution < 1.29 is 9.53 Å². The van der Waals surface area contributed by atoms with E-state index < -0.39 is 0 Å². The lowest BCUT2D eigenvalue weighted by Crippen LogP contribution is -2.08. The molecule has 4 heteroatoms. The number of rotatable bonds is 6. The van der Waals surface area contributed by atoms with Crippen LogP contribution >= 0.6 is 34.2 Å². The van der Waals surface area contributed by atoms with Crippen LogP contribution in [0.3, 0.4) is 0 Å². The molecular formula is C12H14ClIO2. The minimum atomic E-state index is -0.263. The highest BCUT2D eigenvalue weighted by molar-refractivity contribution is 14.1. The lowest BCUT2D eigenvalue weighted by molar-refractivity contribution is 0.0498. The van der Waals surface area contributed by atoms with Gasteiger partial charge in [0, 0.05) is 9.80 Å². The second-order valence-electron chi connectivity index (χ2n) is 3.40. The third kappa shape index (κ3) is 5.16. The molecule has 0 aliphatic rings. The number of esters is 1. The van der Waals surface area contributed by atoms with Gasteiger partial charge in [0.2, 0.25) is 0 Å². The zero-order chi connectivity index (χ0) is 11.8. The largest absolute Gasteiger partial charge is 0.462 e. The van der Waals surface area contributed by atoms with E-state index in [2.05, 4.69) is 22.6 Å². The van der Waals surface area contributed by atoms with Gasteiger partial charge < -0.3 is 4.74 Å². The maximum atomic E-state index is 11.5. The third-order valence-corrected chi connectivity index (χ3v) is 4.03. The van der Waals surface area contributed by atoms with Crippen LogP contribution in [0, 0.1) is 0 Å². The van der Waals surface area contributed by atoms with Crippen LogP contribution in [0.4, 0.5) is 0 Å². The maximum Gasteiger partial charge on any atom is 0.338 e. The molecule has 88 valence electrons. The van der Waals surface area contributed by atoms with Crippen molar-refractivity contribution in [3.05, 3.63) is 35.9 Å². The van der Waals surface area contributed by atoms with Crippen LogP contribution in [0.15, 0.2) is 30.3 Å². The Morgan fingerprint density at radius 3 is 2.69 bits per heavy atom. The monoisotopic (exact) mass is 352 g/mol. The molecule has 0 fully saturated rings. The van der Waals surface area contributed by atoms with Gasteiger partial charge in [0.25, 0.3) is 0 Å². The van der Waals surface area contributed by atoms with Crippen LogP contribution in [0.1, 0.15) is 23.2 Å². The highest BCUT2D eigenvalue weighted by Gasteiger charge is 2.06. The van der Waals surface area contributed by atoms with Gasteiger partial charge in [-0.3, -0.25) is 0 Å². The van der Waals surface area contributed by atoms with Gasteiger partial charge in [0.05, 0.1) is 12.2 Å². The van der Waals surface area contributed by atoms with E-state index >= 15 is 0 Å². The van der Waals surface area contributed by atoms with Crippen molar-refractivity contribution in [2.24, 2.45) is 0 Å². The van der Waals surface area contributed by atoms with Crippen molar-refractivity contribution in [1.29, 1.82) is 0 Å². The molecule has 16 heavy (non-hydrogen) atoms. The normalized spacial score (nSPS) is 12.1. The van der Waals surface area contributed by atoms with Gasteiger partial charge in [-0.1, -0.05) is 40.8 Å². The predicted octanol–water partition coefficient (Wildman–Crippen LogP) is 3.67. The molecule has 0 N–H and O–H groups in total. The van der Waals surface area contributed by atoms with Gasteiger partial charge in [0.1, 0.15) is 0 Å². The Hall–Kier alpha value is -0.290. The summed E-state index contributed by atoms with van der Waals surface area (Å²) in [5.41, 5.74) is 0.596. The van der Waals surface area contributed by atoms with Crippen LogP contribution < -0.4 is 0 Å². The fourth-order valence-corrected chi connectivity index (χ4v) is 1.80. The lowest BCUT2D eigenvalue weighted by atomic mass is 10.2. The SMILES string of the molecule is O=C(OCCCC(Cl)CI)c1ccccc1. The first kappa shape index (κ1) is 13.8. The summed E-state index contributed by atoms with van der Waals surface area (Å²) in [6.45, 7) is 0.438. The minimum absolute atomic E-state index is 0.177. The van der Waals surface area contributed by atoms with Crippen molar-refractivity contribution in [3.63, 3.8) is 0 Å². The zero-order valence-corrected chi connectivity index (χ0v) is 11.8. The molecule has 1 rings (SSSR count). The predicted molar refractivity (Wildman–Crippen MR) is 74.5 cm³/mol. The van der Waals surface area contributed by atoms with Gasteiger partial charge in [0.15, 0.2) is 0 Å². The van der Waals surface area contributed by atoms with Crippen molar-refractivity contribution in [2.45, 2.75) is 18.2 Å². The van der Waals surface area contributed by atoms with E-state index in [4.69, 9.17) is 16.3 Å². The highest BCUT2D eigenvalue weighted by Crippen LogP contribution is 2.09. The Kier molecular flexibility index (Phi) is 6.80. The van der Waals surface area contributed by atoms with Gasteiger partial charge in [-0.25, -0.2) is 4.79 Å². The van der Waals surface area contributed by atoms with Crippen LogP contribution in [0.5, 0.6) is 0 Å². The van der Waals surface area contributed by atoms with E-state index in [1.807, 2.05) is 18.2 Å². The standard InChI is InChI=1S/C12H14ClIO2/c13-11(9-14)7-4-8-16-12(15)10-5-2-1-3-6-10/h1-3,5-6,11H,4,7-9H2. The Balaban J connectivity index is 2.21. The first-order valence-electron chi connectivity index (χ1n) is 5.16. The average Bonchev–Trinajstić information content (AvgIpc) is 2.35. The number of hydrogen-bond donors (Lipinski definition) is 0. The molecular weight excluding hydrogens is 338 g/mol. The topological polar surface area (TPSA) is 26.3 Å². The first-order valence-corrected chi connectivity index (χ1v) is 7.12. The van der Waals surface area contributed by atoms with E-state index in [1.165, 1.54) is 0 Å². The number of ether oxygens (including phenoxy) is 1. The van der Waals surface area contributed by atoms with Gasteiger partial charge >= 0.3 is 5.97 Å². The zero-order valence-electron chi connectivity index (χ0n) is 8.86. The Labute approximate surface area is 114 Å². The van der Waals surface area contributed by atoms with Crippen LogP contribution in [0.25, 0.3) is 0 Å². The molecule has 1 atom stereocenters. The smallest absolute Gasteiger partial charge is 0.338 e. The molecule has 1 unspecified atom stereocenters. The third-order valence-electron chi connectivity index (χ3n) is 2.07. The lowest BCUT2D eigenvalue weighted by Gasteiger charge is -2.06. The fraction of sp³-hybridized carbons (Fsp3) is 0.417. The molecule has 0 aliphatic heterocycles. The Bertz CT molecular complexity index is 316. The molecule has 0 aromatic heterocycles. The molecule has 1 aromatic rings.